The number of Topliss-reactive ketones (excluding diaryl/α,β-unsaturated/α-hetero) is 1. The van der Waals surface area contributed by atoms with Gasteiger partial charge in [0.05, 0.1) is 0 Å². The Morgan fingerprint density at radius 2 is 1.43 bits per heavy atom. The van der Waals surface area contributed by atoms with Crippen LogP contribution in [0, 0.1) is 5.92 Å². The summed E-state index contributed by atoms with van der Waals surface area (Å²) in [4.78, 5) is 24.3. The smallest absolute Gasteiger partial charge is 0.407 e. The summed E-state index contributed by atoms with van der Waals surface area (Å²) >= 11 is 0. The highest BCUT2D eigenvalue weighted by atomic mass is 16.5. The molecule has 0 fully saturated rings. The van der Waals surface area contributed by atoms with E-state index in [4.69, 9.17) is 4.74 Å². The lowest BCUT2D eigenvalue weighted by molar-refractivity contribution is 0.0939. The largest absolute Gasteiger partial charge is 0.449 e. The van der Waals surface area contributed by atoms with Crippen LogP contribution in [-0.4, -0.2) is 18.5 Å². The second kappa shape index (κ2) is 8.54. The maximum Gasteiger partial charge on any atom is 0.407 e. The van der Waals surface area contributed by atoms with Crippen molar-refractivity contribution < 1.29 is 14.3 Å². The molecular formula is C26H25NO3. The molecule has 0 heterocycles. The monoisotopic (exact) mass is 399 g/mol. The zero-order valence-corrected chi connectivity index (χ0v) is 17.2. The van der Waals surface area contributed by atoms with Crippen molar-refractivity contribution in [2.45, 2.75) is 26.3 Å². The van der Waals surface area contributed by atoms with Gasteiger partial charge < -0.3 is 10.1 Å². The van der Waals surface area contributed by atoms with Crippen molar-refractivity contribution in [3.63, 3.8) is 0 Å². The van der Waals surface area contributed by atoms with Gasteiger partial charge in [-0.25, -0.2) is 4.79 Å². The van der Waals surface area contributed by atoms with Gasteiger partial charge in [-0.2, -0.15) is 0 Å². The molecule has 0 atom stereocenters. The van der Waals surface area contributed by atoms with Crippen LogP contribution in [0.5, 0.6) is 0 Å². The molecule has 1 amide bonds. The summed E-state index contributed by atoms with van der Waals surface area (Å²) in [5.41, 5.74) is 6.41. The Morgan fingerprint density at radius 1 is 0.867 bits per heavy atom. The molecule has 4 rings (SSSR count). The van der Waals surface area contributed by atoms with Crippen molar-refractivity contribution in [2.75, 3.05) is 6.61 Å². The van der Waals surface area contributed by atoms with E-state index in [0.29, 0.717) is 18.7 Å². The van der Waals surface area contributed by atoms with Gasteiger partial charge in [0.1, 0.15) is 6.61 Å². The molecule has 4 nitrogen and oxygen atoms in total. The highest BCUT2D eigenvalue weighted by Crippen LogP contribution is 2.44. The second-order valence-electron chi connectivity index (χ2n) is 7.89. The number of nitrogens with one attached hydrogen (secondary N) is 1. The summed E-state index contributed by atoms with van der Waals surface area (Å²) in [5, 5.41) is 2.80. The molecule has 152 valence electrons. The van der Waals surface area contributed by atoms with E-state index < -0.39 is 6.09 Å². The van der Waals surface area contributed by atoms with E-state index in [1.165, 1.54) is 22.3 Å². The molecular weight excluding hydrogens is 374 g/mol. The van der Waals surface area contributed by atoms with Crippen molar-refractivity contribution in [1.29, 1.82) is 0 Å². The topological polar surface area (TPSA) is 55.4 Å². The fourth-order valence-electron chi connectivity index (χ4n) is 3.94. The van der Waals surface area contributed by atoms with Gasteiger partial charge in [0, 0.05) is 23.9 Å². The van der Waals surface area contributed by atoms with Gasteiger partial charge in [0.2, 0.25) is 0 Å². The highest BCUT2D eigenvalue weighted by Gasteiger charge is 2.28. The fourth-order valence-corrected chi connectivity index (χ4v) is 3.94. The fraction of sp³-hybridized carbons (Fsp3) is 0.231. The third-order valence-corrected chi connectivity index (χ3v) is 5.54. The van der Waals surface area contributed by atoms with Crippen molar-refractivity contribution in [2.24, 2.45) is 5.92 Å². The first kappa shape index (κ1) is 19.9. The van der Waals surface area contributed by atoms with Gasteiger partial charge >= 0.3 is 6.09 Å². The minimum absolute atomic E-state index is 0.0326. The minimum atomic E-state index is -0.445. The van der Waals surface area contributed by atoms with Gasteiger partial charge in [-0.1, -0.05) is 86.6 Å². The van der Waals surface area contributed by atoms with E-state index in [1.807, 2.05) is 50.2 Å². The van der Waals surface area contributed by atoms with Gasteiger partial charge in [-0.15, -0.1) is 0 Å². The average Bonchev–Trinajstić information content (AvgIpc) is 3.10. The van der Waals surface area contributed by atoms with Gasteiger partial charge in [-0.3, -0.25) is 4.79 Å². The minimum Gasteiger partial charge on any atom is -0.449 e. The molecule has 0 radical (unpaired) electrons. The van der Waals surface area contributed by atoms with Crippen LogP contribution >= 0.6 is 0 Å². The number of alkyl carbamates (subject to hydrolysis) is 1. The van der Waals surface area contributed by atoms with Gasteiger partial charge in [-0.05, 0) is 27.8 Å². The molecule has 0 spiro atoms. The molecule has 0 saturated heterocycles. The van der Waals surface area contributed by atoms with Crippen LogP contribution in [0.2, 0.25) is 0 Å². The Labute approximate surface area is 176 Å². The summed E-state index contributed by atoms with van der Waals surface area (Å²) in [5.74, 6) is 0.130. The first-order chi connectivity index (χ1) is 14.5. The standard InChI is InChI=1S/C26H25NO3/c1-17(2)25(28)19-13-11-18(12-14-19)15-27-26(29)30-16-24-22-9-5-3-7-20(22)21-8-4-6-10-23(21)24/h3-14,17,24H,15-16H2,1-2H3,(H,27,29). The average molecular weight is 399 g/mol. The normalized spacial score (nSPS) is 12.4. The highest BCUT2D eigenvalue weighted by molar-refractivity contribution is 5.97. The molecule has 1 N–H and O–H groups in total. The predicted molar refractivity (Wildman–Crippen MR) is 118 cm³/mol. The van der Waals surface area contributed by atoms with Crippen molar-refractivity contribution >= 4 is 11.9 Å². The third kappa shape index (κ3) is 3.99. The van der Waals surface area contributed by atoms with Crippen molar-refractivity contribution in [3.05, 3.63) is 95.1 Å². The van der Waals surface area contributed by atoms with Crippen molar-refractivity contribution in [3.8, 4) is 11.1 Å². The van der Waals surface area contributed by atoms with Gasteiger partial charge in [0.25, 0.3) is 0 Å². The molecule has 0 saturated carbocycles. The Hall–Kier alpha value is -3.40. The first-order valence-corrected chi connectivity index (χ1v) is 10.3. The quantitative estimate of drug-likeness (QED) is 0.552. The van der Waals surface area contributed by atoms with E-state index in [-0.39, 0.29) is 17.6 Å². The first-order valence-electron chi connectivity index (χ1n) is 10.3. The molecule has 3 aromatic rings. The number of hydrogen-bond acceptors (Lipinski definition) is 3. The molecule has 0 bridgehead atoms. The number of benzene rings is 3. The van der Waals surface area contributed by atoms with E-state index in [9.17, 15) is 9.59 Å². The number of carbonyl (C=O) groups is 2. The van der Waals surface area contributed by atoms with E-state index in [0.717, 1.165) is 5.56 Å². The van der Waals surface area contributed by atoms with Crippen LogP contribution in [0.25, 0.3) is 11.1 Å². The molecule has 1 aliphatic rings. The third-order valence-electron chi connectivity index (χ3n) is 5.54. The van der Waals surface area contributed by atoms with Crippen molar-refractivity contribution in [1.82, 2.24) is 5.32 Å². The maximum atomic E-state index is 12.3. The van der Waals surface area contributed by atoms with Crippen LogP contribution in [0.3, 0.4) is 0 Å². The van der Waals surface area contributed by atoms with Crippen LogP contribution in [0.1, 0.15) is 46.8 Å². The summed E-state index contributed by atoms with van der Waals surface area (Å²) in [6, 6.07) is 23.9. The number of rotatable bonds is 6. The molecule has 30 heavy (non-hydrogen) atoms. The van der Waals surface area contributed by atoms with Crippen LogP contribution in [-0.2, 0) is 11.3 Å². The molecule has 0 unspecified atom stereocenters. The van der Waals surface area contributed by atoms with Gasteiger partial charge in [0.15, 0.2) is 5.78 Å². The molecule has 1 aliphatic carbocycles. The number of carbonyl (C=O) groups excluding carboxylic acids is 2. The van der Waals surface area contributed by atoms with E-state index >= 15 is 0 Å². The predicted octanol–water partition coefficient (Wildman–Crippen LogP) is 5.56. The Kier molecular flexibility index (Phi) is 5.66. The summed E-state index contributed by atoms with van der Waals surface area (Å²) < 4.78 is 5.55. The number of ether oxygens (including phenoxy) is 1. The van der Waals surface area contributed by atoms with Crippen LogP contribution in [0.15, 0.2) is 72.8 Å². The number of hydrogen-bond donors (Lipinski definition) is 1. The van der Waals surface area contributed by atoms with E-state index in [1.54, 1.807) is 12.1 Å². The number of fused-ring (bicyclic) bond motifs is 3. The lowest BCUT2D eigenvalue weighted by atomic mass is 9.98. The Morgan fingerprint density at radius 3 is 2.00 bits per heavy atom. The van der Waals surface area contributed by atoms with Crippen LogP contribution < -0.4 is 5.32 Å². The maximum absolute atomic E-state index is 12.3. The molecule has 0 aliphatic heterocycles. The summed E-state index contributed by atoms with van der Waals surface area (Å²) in [6.45, 7) is 4.42. The molecule has 0 aromatic heterocycles. The second-order valence-corrected chi connectivity index (χ2v) is 7.89. The lowest BCUT2D eigenvalue weighted by Crippen LogP contribution is -2.25. The molecule has 4 heteroatoms. The Bertz CT molecular complexity index is 1020. The van der Waals surface area contributed by atoms with E-state index in [2.05, 4.69) is 29.6 Å². The number of amides is 1. The summed E-state index contributed by atoms with van der Waals surface area (Å²) in [6.07, 6.45) is -0.445. The summed E-state index contributed by atoms with van der Waals surface area (Å²) in [7, 11) is 0. The zero-order valence-electron chi connectivity index (χ0n) is 17.2. The SMILES string of the molecule is CC(C)C(=O)c1ccc(CNC(=O)OCC2c3ccccc3-c3ccccc32)cc1. The molecule has 3 aromatic carbocycles. The Balaban J connectivity index is 1.35. The number of ketones is 1. The van der Waals surface area contributed by atoms with Crippen LogP contribution in [0.4, 0.5) is 4.79 Å². The zero-order chi connectivity index (χ0) is 21.1. The lowest BCUT2D eigenvalue weighted by Gasteiger charge is -2.14.